The van der Waals surface area contributed by atoms with Crippen LogP contribution in [0.2, 0.25) is 0 Å². The van der Waals surface area contributed by atoms with Crippen molar-refractivity contribution in [2.45, 2.75) is 72.5 Å². The molecule has 23 heavy (non-hydrogen) atoms. The lowest BCUT2D eigenvalue weighted by molar-refractivity contribution is -0.151. The van der Waals surface area contributed by atoms with Crippen LogP contribution in [0, 0.1) is 22.7 Å². The summed E-state index contributed by atoms with van der Waals surface area (Å²) in [5.41, 5.74) is 2.87. The highest BCUT2D eigenvalue weighted by atomic mass is 16.6. The molecule has 3 unspecified atom stereocenters. The van der Waals surface area contributed by atoms with Crippen LogP contribution in [0.1, 0.15) is 66.2 Å². The minimum absolute atomic E-state index is 0.245. The van der Waals surface area contributed by atoms with E-state index in [2.05, 4.69) is 33.8 Å². The smallest absolute Gasteiger partial charge is 0.333 e. The van der Waals surface area contributed by atoms with Gasteiger partial charge in [-0.25, -0.2) is 4.79 Å². The first-order valence-electron chi connectivity index (χ1n) is 9.04. The molecule has 0 aromatic rings. The highest BCUT2D eigenvalue weighted by Crippen LogP contribution is 2.61. The molecule has 1 fully saturated rings. The Morgan fingerprint density at radius 1 is 1.35 bits per heavy atom. The van der Waals surface area contributed by atoms with Gasteiger partial charge in [-0.05, 0) is 68.1 Å². The average Bonchev–Trinajstić information content (AvgIpc) is 2.82. The van der Waals surface area contributed by atoms with Gasteiger partial charge in [0.2, 0.25) is 6.29 Å². The van der Waals surface area contributed by atoms with Gasteiger partial charge in [-0.3, -0.25) is 0 Å². The number of hydrogen-bond donors (Lipinski definition) is 1. The molecule has 3 heteroatoms. The summed E-state index contributed by atoms with van der Waals surface area (Å²) in [5.74, 6) is 0.942. The van der Waals surface area contributed by atoms with Crippen molar-refractivity contribution in [1.29, 1.82) is 0 Å². The molecular formula is C20H30O3. The van der Waals surface area contributed by atoms with Gasteiger partial charge in [0.15, 0.2) is 0 Å². The normalized spacial score (nSPS) is 43.5. The van der Waals surface area contributed by atoms with E-state index < -0.39 is 12.3 Å². The van der Waals surface area contributed by atoms with Gasteiger partial charge in [0.25, 0.3) is 0 Å². The molecule has 0 spiro atoms. The lowest BCUT2D eigenvalue weighted by atomic mass is 9.47. The summed E-state index contributed by atoms with van der Waals surface area (Å²) in [4.78, 5) is 11.3. The Morgan fingerprint density at radius 2 is 2.09 bits per heavy atom. The first-order chi connectivity index (χ1) is 10.8. The van der Waals surface area contributed by atoms with E-state index in [1.54, 1.807) is 5.57 Å². The molecule has 5 atom stereocenters. The number of aliphatic hydroxyl groups is 1. The standard InChI is InChI=1S/C20H30O3/c1-13-6-5-7-16-19(13,3)10-8-14(2)20(16,4)11-9-15-12-17(21)23-18(15)22/h6,12,14,16,18,22H,5,7-11H2,1-4H3/t14?,16?,18?,19-,20-/m0/s1. The van der Waals surface area contributed by atoms with Gasteiger partial charge in [0.1, 0.15) is 0 Å². The van der Waals surface area contributed by atoms with Crippen LogP contribution in [0.3, 0.4) is 0 Å². The van der Waals surface area contributed by atoms with Crippen LogP contribution in [-0.2, 0) is 9.53 Å². The highest BCUT2D eigenvalue weighted by Gasteiger charge is 2.53. The highest BCUT2D eigenvalue weighted by molar-refractivity contribution is 5.85. The van der Waals surface area contributed by atoms with Crippen molar-refractivity contribution in [3.8, 4) is 0 Å². The number of cyclic esters (lactones) is 1. The molecule has 0 amide bonds. The van der Waals surface area contributed by atoms with Gasteiger partial charge >= 0.3 is 5.97 Å². The second-order valence-electron chi connectivity index (χ2n) is 8.39. The molecule has 0 aromatic heterocycles. The molecule has 3 aliphatic rings. The fourth-order valence-electron chi connectivity index (χ4n) is 5.38. The van der Waals surface area contributed by atoms with Crippen LogP contribution < -0.4 is 0 Å². The number of fused-ring (bicyclic) bond motifs is 1. The Labute approximate surface area is 139 Å². The van der Waals surface area contributed by atoms with E-state index in [-0.39, 0.29) is 5.41 Å². The van der Waals surface area contributed by atoms with Crippen molar-refractivity contribution in [3.63, 3.8) is 0 Å². The molecule has 0 aromatic carbocycles. The number of hydrogen-bond acceptors (Lipinski definition) is 3. The number of carbonyl (C=O) groups is 1. The van der Waals surface area contributed by atoms with Gasteiger partial charge in [-0.2, -0.15) is 0 Å². The minimum Gasteiger partial charge on any atom is -0.429 e. The predicted octanol–water partition coefficient (Wildman–Crippen LogP) is 4.37. The Morgan fingerprint density at radius 3 is 2.74 bits per heavy atom. The number of allylic oxidation sites excluding steroid dienone is 2. The molecule has 1 saturated carbocycles. The number of carbonyl (C=O) groups excluding carboxylic acids is 1. The van der Waals surface area contributed by atoms with Gasteiger partial charge in [-0.1, -0.05) is 32.4 Å². The molecule has 3 nitrogen and oxygen atoms in total. The van der Waals surface area contributed by atoms with Crippen molar-refractivity contribution < 1.29 is 14.6 Å². The predicted molar refractivity (Wildman–Crippen MR) is 90.5 cm³/mol. The molecule has 0 saturated heterocycles. The third-order valence-corrected chi connectivity index (χ3v) is 7.39. The summed E-state index contributed by atoms with van der Waals surface area (Å²) in [6.07, 6.45) is 9.63. The molecule has 128 valence electrons. The number of esters is 1. The zero-order valence-corrected chi connectivity index (χ0v) is 14.9. The van der Waals surface area contributed by atoms with Crippen molar-refractivity contribution in [2.24, 2.45) is 22.7 Å². The van der Waals surface area contributed by atoms with Crippen LogP contribution in [0.25, 0.3) is 0 Å². The first kappa shape index (κ1) is 16.8. The molecule has 1 heterocycles. The maximum Gasteiger partial charge on any atom is 0.333 e. The maximum atomic E-state index is 11.3. The molecule has 3 rings (SSSR count). The summed E-state index contributed by atoms with van der Waals surface area (Å²) in [6.45, 7) is 9.57. The Hall–Kier alpha value is -1.09. The van der Waals surface area contributed by atoms with Gasteiger partial charge in [0.05, 0.1) is 0 Å². The Balaban J connectivity index is 1.82. The number of aliphatic hydroxyl groups excluding tert-OH is 1. The van der Waals surface area contributed by atoms with E-state index in [0.717, 1.165) is 18.4 Å². The van der Waals surface area contributed by atoms with Crippen LogP contribution >= 0.6 is 0 Å². The van der Waals surface area contributed by atoms with Crippen LogP contribution in [-0.4, -0.2) is 17.4 Å². The topological polar surface area (TPSA) is 46.5 Å². The molecule has 1 N–H and O–H groups in total. The van der Waals surface area contributed by atoms with Crippen LogP contribution in [0.4, 0.5) is 0 Å². The molecule has 2 aliphatic carbocycles. The zero-order chi connectivity index (χ0) is 16.8. The summed E-state index contributed by atoms with van der Waals surface area (Å²) < 4.78 is 4.83. The molecular weight excluding hydrogens is 288 g/mol. The van der Waals surface area contributed by atoms with Crippen LogP contribution in [0.15, 0.2) is 23.3 Å². The summed E-state index contributed by atoms with van der Waals surface area (Å²) >= 11 is 0. The number of ether oxygens (including phenoxy) is 1. The maximum absolute atomic E-state index is 11.3. The fourth-order valence-corrected chi connectivity index (χ4v) is 5.38. The third-order valence-electron chi connectivity index (χ3n) is 7.39. The largest absolute Gasteiger partial charge is 0.429 e. The fraction of sp³-hybridized carbons (Fsp3) is 0.750. The van der Waals surface area contributed by atoms with E-state index in [1.165, 1.54) is 31.8 Å². The van der Waals surface area contributed by atoms with E-state index in [0.29, 0.717) is 17.3 Å². The van der Waals surface area contributed by atoms with Crippen molar-refractivity contribution in [1.82, 2.24) is 0 Å². The monoisotopic (exact) mass is 318 g/mol. The third kappa shape index (κ3) is 2.67. The summed E-state index contributed by atoms with van der Waals surface area (Å²) in [6, 6.07) is 0. The van der Waals surface area contributed by atoms with Gasteiger partial charge in [-0.15, -0.1) is 0 Å². The molecule has 0 radical (unpaired) electrons. The summed E-state index contributed by atoms with van der Waals surface area (Å²) in [7, 11) is 0. The quantitative estimate of drug-likeness (QED) is 0.621. The van der Waals surface area contributed by atoms with E-state index in [4.69, 9.17) is 4.74 Å². The first-order valence-corrected chi connectivity index (χ1v) is 9.04. The Kier molecular flexibility index (Phi) is 4.20. The summed E-state index contributed by atoms with van der Waals surface area (Å²) in [5, 5.41) is 9.84. The van der Waals surface area contributed by atoms with Crippen LogP contribution in [0.5, 0.6) is 0 Å². The second-order valence-corrected chi connectivity index (χ2v) is 8.39. The van der Waals surface area contributed by atoms with Crippen molar-refractivity contribution in [2.75, 3.05) is 0 Å². The van der Waals surface area contributed by atoms with Crippen molar-refractivity contribution >= 4 is 5.97 Å². The average molecular weight is 318 g/mol. The minimum atomic E-state index is -1.02. The lowest BCUT2D eigenvalue weighted by Gasteiger charge is -2.58. The van der Waals surface area contributed by atoms with E-state index in [1.807, 2.05) is 0 Å². The van der Waals surface area contributed by atoms with E-state index in [9.17, 15) is 9.90 Å². The zero-order valence-electron chi connectivity index (χ0n) is 14.9. The SMILES string of the molecule is CC1=CCCC2[C@@](C)(CCC3=CC(=O)OC3O)C(C)CC[C@@]12C. The molecule has 0 bridgehead atoms. The van der Waals surface area contributed by atoms with Gasteiger partial charge in [0, 0.05) is 11.6 Å². The Bertz CT molecular complexity index is 561. The molecule has 1 aliphatic heterocycles. The lowest BCUT2D eigenvalue weighted by Crippen LogP contribution is -2.49. The van der Waals surface area contributed by atoms with Gasteiger partial charge < -0.3 is 9.84 Å². The van der Waals surface area contributed by atoms with Crippen molar-refractivity contribution in [3.05, 3.63) is 23.3 Å². The van der Waals surface area contributed by atoms with E-state index >= 15 is 0 Å². The second kappa shape index (κ2) is 5.77. The number of rotatable bonds is 3.